The van der Waals surface area contributed by atoms with E-state index in [9.17, 15) is 19.5 Å². The lowest BCUT2D eigenvalue weighted by molar-refractivity contribution is -0.152. The van der Waals surface area contributed by atoms with E-state index in [1.165, 1.54) is 4.90 Å². The van der Waals surface area contributed by atoms with Gasteiger partial charge in [-0.3, -0.25) is 14.4 Å². The zero-order valence-corrected chi connectivity index (χ0v) is 10.9. The standard InChI is InChI=1S/C13H20N2O4/c16-11-8-15(7-3-6-14-11)12(17)9-4-1-2-5-10(9)13(18)19/h9-10H,1-8H2,(H,14,16)(H,18,19)/t9-,10+/m1/s1. The molecular formula is C13H20N2O4. The third kappa shape index (κ3) is 3.24. The molecule has 2 rings (SSSR count). The molecule has 1 saturated carbocycles. The summed E-state index contributed by atoms with van der Waals surface area (Å²) in [5, 5.41) is 11.9. The molecular weight excluding hydrogens is 248 g/mol. The van der Waals surface area contributed by atoms with Crippen LogP contribution in [0.2, 0.25) is 0 Å². The van der Waals surface area contributed by atoms with Gasteiger partial charge in [0, 0.05) is 13.1 Å². The fraction of sp³-hybridized carbons (Fsp3) is 0.769. The van der Waals surface area contributed by atoms with E-state index in [0.29, 0.717) is 25.9 Å². The summed E-state index contributed by atoms with van der Waals surface area (Å²) < 4.78 is 0. The number of carbonyl (C=O) groups excluding carboxylic acids is 2. The number of nitrogens with one attached hydrogen (secondary N) is 1. The maximum Gasteiger partial charge on any atom is 0.307 e. The van der Waals surface area contributed by atoms with Crippen LogP contribution in [0.25, 0.3) is 0 Å². The number of nitrogens with zero attached hydrogens (tertiary/aromatic N) is 1. The van der Waals surface area contributed by atoms with Gasteiger partial charge in [-0.15, -0.1) is 0 Å². The van der Waals surface area contributed by atoms with Crippen molar-refractivity contribution in [2.75, 3.05) is 19.6 Å². The molecule has 2 aliphatic rings. The van der Waals surface area contributed by atoms with Crippen molar-refractivity contribution in [2.45, 2.75) is 32.1 Å². The third-order valence-corrected chi connectivity index (χ3v) is 3.97. The second-order valence-corrected chi connectivity index (χ2v) is 5.30. The highest BCUT2D eigenvalue weighted by Crippen LogP contribution is 2.31. The van der Waals surface area contributed by atoms with Crippen LogP contribution in [0.5, 0.6) is 0 Å². The van der Waals surface area contributed by atoms with Gasteiger partial charge < -0.3 is 15.3 Å². The van der Waals surface area contributed by atoms with E-state index in [1.807, 2.05) is 0 Å². The normalized spacial score (nSPS) is 28.4. The number of amides is 2. The Balaban J connectivity index is 2.07. The van der Waals surface area contributed by atoms with Crippen LogP contribution in [0.4, 0.5) is 0 Å². The maximum atomic E-state index is 12.4. The van der Waals surface area contributed by atoms with E-state index >= 15 is 0 Å². The number of rotatable bonds is 2. The predicted octanol–water partition coefficient (Wildman–Crippen LogP) is 0.226. The Kier molecular flexibility index (Phi) is 4.39. The average molecular weight is 268 g/mol. The van der Waals surface area contributed by atoms with Crippen molar-refractivity contribution in [3.63, 3.8) is 0 Å². The van der Waals surface area contributed by atoms with Gasteiger partial charge in [-0.1, -0.05) is 12.8 Å². The largest absolute Gasteiger partial charge is 0.481 e. The van der Waals surface area contributed by atoms with Crippen molar-refractivity contribution in [2.24, 2.45) is 11.8 Å². The van der Waals surface area contributed by atoms with E-state index in [0.717, 1.165) is 19.3 Å². The minimum atomic E-state index is -0.891. The molecule has 6 nitrogen and oxygen atoms in total. The number of carbonyl (C=O) groups is 3. The Morgan fingerprint density at radius 3 is 2.53 bits per heavy atom. The first-order valence-corrected chi connectivity index (χ1v) is 6.88. The van der Waals surface area contributed by atoms with Crippen molar-refractivity contribution in [1.29, 1.82) is 0 Å². The SMILES string of the molecule is O=C1CN(C(=O)[C@@H]2CCCC[C@@H]2C(=O)O)CCCN1. The van der Waals surface area contributed by atoms with Crippen LogP contribution in [-0.2, 0) is 14.4 Å². The zero-order valence-electron chi connectivity index (χ0n) is 10.9. The lowest BCUT2D eigenvalue weighted by atomic mass is 9.78. The summed E-state index contributed by atoms with van der Waals surface area (Å²) in [4.78, 5) is 36.7. The number of hydrogen-bond acceptors (Lipinski definition) is 3. The fourth-order valence-corrected chi connectivity index (χ4v) is 2.95. The van der Waals surface area contributed by atoms with Crippen molar-refractivity contribution < 1.29 is 19.5 Å². The average Bonchev–Trinajstić information content (AvgIpc) is 2.62. The monoisotopic (exact) mass is 268 g/mol. The van der Waals surface area contributed by atoms with Gasteiger partial charge in [0.25, 0.3) is 0 Å². The first-order valence-electron chi connectivity index (χ1n) is 6.88. The highest BCUT2D eigenvalue weighted by Gasteiger charge is 2.38. The molecule has 19 heavy (non-hydrogen) atoms. The zero-order chi connectivity index (χ0) is 13.8. The van der Waals surface area contributed by atoms with Crippen LogP contribution in [0.1, 0.15) is 32.1 Å². The lowest BCUT2D eigenvalue weighted by Gasteiger charge is -2.31. The van der Waals surface area contributed by atoms with Crippen LogP contribution in [0, 0.1) is 11.8 Å². The first kappa shape index (κ1) is 13.8. The second-order valence-electron chi connectivity index (χ2n) is 5.30. The Bertz CT molecular complexity index is 383. The highest BCUT2D eigenvalue weighted by atomic mass is 16.4. The van der Waals surface area contributed by atoms with Crippen molar-refractivity contribution in [3.8, 4) is 0 Å². The van der Waals surface area contributed by atoms with Gasteiger partial charge in [0.1, 0.15) is 0 Å². The van der Waals surface area contributed by atoms with E-state index < -0.39 is 17.8 Å². The van der Waals surface area contributed by atoms with Crippen LogP contribution >= 0.6 is 0 Å². The molecule has 106 valence electrons. The molecule has 0 aromatic carbocycles. The molecule has 6 heteroatoms. The van der Waals surface area contributed by atoms with Crippen molar-refractivity contribution in [1.82, 2.24) is 10.2 Å². The van der Waals surface area contributed by atoms with Gasteiger partial charge in [-0.05, 0) is 19.3 Å². The molecule has 0 aromatic heterocycles. The number of carboxylic acids is 1. The minimum absolute atomic E-state index is 0.0572. The third-order valence-electron chi connectivity index (χ3n) is 3.97. The van der Waals surface area contributed by atoms with E-state index in [-0.39, 0.29) is 18.4 Å². The number of carboxylic acid groups (broad SMARTS) is 1. The highest BCUT2D eigenvalue weighted by molar-refractivity contribution is 5.89. The lowest BCUT2D eigenvalue weighted by Crippen LogP contribution is -2.45. The molecule has 1 heterocycles. The molecule has 2 fully saturated rings. The molecule has 0 unspecified atom stereocenters. The summed E-state index contributed by atoms with van der Waals surface area (Å²) in [6.07, 6.45) is 3.66. The van der Waals surface area contributed by atoms with Crippen LogP contribution in [-0.4, -0.2) is 47.4 Å². The van der Waals surface area contributed by atoms with Crippen molar-refractivity contribution in [3.05, 3.63) is 0 Å². The molecule has 0 bridgehead atoms. The smallest absolute Gasteiger partial charge is 0.307 e. The quantitative estimate of drug-likeness (QED) is 0.750. The van der Waals surface area contributed by atoms with Gasteiger partial charge in [-0.25, -0.2) is 0 Å². The van der Waals surface area contributed by atoms with Gasteiger partial charge in [0.05, 0.1) is 18.4 Å². The summed E-state index contributed by atoms with van der Waals surface area (Å²) in [6, 6.07) is 0. The number of hydrogen-bond donors (Lipinski definition) is 2. The molecule has 1 aliphatic carbocycles. The molecule has 1 aliphatic heterocycles. The van der Waals surface area contributed by atoms with Gasteiger partial charge in [0.2, 0.25) is 11.8 Å². The summed E-state index contributed by atoms with van der Waals surface area (Å²) in [5.41, 5.74) is 0. The molecule has 2 amide bonds. The second kappa shape index (κ2) is 6.04. The van der Waals surface area contributed by atoms with Crippen molar-refractivity contribution >= 4 is 17.8 Å². The van der Waals surface area contributed by atoms with E-state index in [2.05, 4.69) is 5.32 Å². The molecule has 0 aromatic rings. The minimum Gasteiger partial charge on any atom is -0.481 e. The molecule has 1 saturated heterocycles. The summed E-state index contributed by atoms with van der Waals surface area (Å²) in [7, 11) is 0. The van der Waals surface area contributed by atoms with Gasteiger partial charge >= 0.3 is 5.97 Å². The summed E-state index contributed by atoms with van der Waals surface area (Å²) >= 11 is 0. The number of aliphatic carboxylic acids is 1. The van der Waals surface area contributed by atoms with E-state index in [1.54, 1.807) is 0 Å². The Labute approximate surface area is 112 Å². The Morgan fingerprint density at radius 1 is 1.16 bits per heavy atom. The molecule has 0 radical (unpaired) electrons. The van der Waals surface area contributed by atoms with Gasteiger partial charge in [0.15, 0.2) is 0 Å². The molecule has 2 atom stereocenters. The predicted molar refractivity (Wildman–Crippen MR) is 67.3 cm³/mol. The Hall–Kier alpha value is -1.59. The van der Waals surface area contributed by atoms with Crippen LogP contribution < -0.4 is 5.32 Å². The van der Waals surface area contributed by atoms with Crippen LogP contribution in [0.15, 0.2) is 0 Å². The fourth-order valence-electron chi connectivity index (χ4n) is 2.95. The first-order chi connectivity index (χ1) is 9.09. The van der Waals surface area contributed by atoms with Gasteiger partial charge in [-0.2, -0.15) is 0 Å². The van der Waals surface area contributed by atoms with Crippen LogP contribution in [0.3, 0.4) is 0 Å². The van der Waals surface area contributed by atoms with E-state index in [4.69, 9.17) is 0 Å². The summed E-state index contributed by atoms with van der Waals surface area (Å²) in [6.45, 7) is 1.16. The Morgan fingerprint density at radius 2 is 1.84 bits per heavy atom. The topological polar surface area (TPSA) is 86.7 Å². The maximum absolute atomic E-state index is 12.4. The molecule has 0 spiro atoms. The summed E-state index contributed by atoms with van der Waals surface area (Å²) in [5.74, 6) is -2.26. The molecule has 2 N–H and O–H groups in total.